The summed E-state index contributed by atoms with van der Waals surface area (Å²) in [5.74, 6) is -1.98. The average molecular weight is 326 g/mol. The van der Waals surface area contributed by atoms with Crippen LogP contribution in [0, 0.1) is 23.7 Å². The van der Waals surface area contributed by atoms with E-state index in [1.54, 1.807) is 24.3 Å². The molecular formula is C18H18N2O4. The highest BCUT2D eigenvalue weighted by molar-refractivity contribution is 6.07. The van der Waals surface area contributed by atoms with E-state index < -0.39 is 12.0 Å². The second kappa shape index (κ2) is 5.19. The van der Waals surface area contributed by atoms with E-state index in [1.165, 1.54) is 4.90 Å². The topological polar surface area (TPSA) is 101 Å². The summed E-state index contributed by atoms with van der Waals surface area (Å²) in [5.41, 5.74) is 6.85. The molecule has 0 spiro atoms. The molecule has 1 aromatic carbocycles. The van der Waals surface area contributed by atoms with Gasteiger partial charge in [0.1, 0.15) is 0 Å². The highest BCUT2D eigenvalue weighted by Crippen LogP contribution is 2.54. The standard InChI is InChI=1S/C18H18N2O4/c19-12-3-1-2-9(7-12)13(8-14(21)22)20-17(23)15-10-4-5-11(6-10)16(15)18(20)24/h1-5,7,10-11,13,15-16H,6,8,19H2,(H,21,22)/t10-,11-,13-,15+,16+/m0/s1. The average Bonchev–Trinajstić information content (AvgIpc) is 3.20. The Balaban J connectivity index is 1.72. The number of hydrogen-bond donors (Lipinski definition) is 2. The van der Waals surface area contributed by atoms with Crippen molar-refractivity contribution in [1.82, 2.24) is 4.90 Å². The van der Waals surface area contributed by atoms with Crippen LogP contribution in [0.15, 0.2) is 36.4 Å². The fourth-order valence-corrected chi connectivity index (χ4v) is 4.52. The zero-order valence-corrected chi connectivity index (χ0v) is 13.0. The number of allylic oxidation sites excluding steroid dienone is 2. The first-order valence-electron chi connectivity index (χ1n) is 8.10. The van der Waals surface area contributed by atoms with Crippen LogP contribution in [0.3, 0.4) is 0 Å². The van der Waals surface area contributed by atoms with Gasteiger partial charge in [-0.05, 0) is 36.0 Å². The number of rotatable bonds is 4. The number of benzene rings is 1. The van der Waals surface area contributed by atoms with Gasteiger partial charge in [0.05, 0.1) is 24.3 Å². The Kier molecular flexibility index (Phi) is 3.23. The first-order chi connectivity index (χ1) is 11.5. The van der Waals surface area contributed by atoms with Gasteiger partial charge in [-0.1, -0.05) is 24.3 Å². The van der Waals surface area contributed by atoms with Crippen LogP contribution in [0.2, 0.25) is 0 Å². The van der Waals surface area contributed by atoms with Crippen LogP contribution in [0.4, 0.5) is 5.69 Å². The summed E-state index contributed by atoms with van der Waals surface area (Å²) in [7, 11) is 0. The first-order valence-corrected chi connectivity index (χ1v) is 8.10. The lowest BCUT2D eigenvalue weighted by atomic mass is 9.85. The Bertz CT molecular complexity index is 742. The third-order valence-corrected chi connectivity index (χ3v) is 5.48. The molecule has 6 nitrogen and oxygen atoms in total. The minimum absolute atomic E-state index is 0.104. The highest BCUT2D eigenvalue weighted by atomic mass is 16.4. The van der Waals surface area contributed by atoms with Crippen molar-refractivity contribution < 1.29 is 19.5 Å². The van der Waals surface area contributed by atoms with E-state index in [1.807, 2.05) is 12.2 Å². The third-order valence-electron chi connectivity index (χ3n) is 5.48. The van der Waals surface area contributed by atoms with Crippen molar-refractivity contribution in [2.75, 3.05) is 5.73 Å². The van der Waals surface area contributed by atoms with Crippen molar-refractivity contribution in [2.45, 2.75) is 18.9 Å². The van der Waals surface area contributed by atoms with Gasteiger partial charge >= 0.3 is 5.97 Å². The second-order valence-electron chi connectivity index (χ2n) is 6.83. The van der Waals surface area contributed by atoms with Crippen LogP contribution in [-0.4, -0.2) is 27.8 Å². The lowest BCUT2D eigenvalue weighted by Gasteiger charge is -2.27. The zero-order valence-electron chi connectivity index (χ0n) is 13.0. The van der Waals surface area contributed by atoms with Crippen LogP contribution in [-0.2, 0) is 14.4 Å². The molecular weight excluding hydrogens is 308 g/mol. The third kappa shape index (κ3) is 2.06. The molecule has 1 aromatic rings. The molecule has 124 valence electrons. The van der Waals surface area contributed by atoms with Crippen molar-refractivity contribution >= 4 is 23.5 Å². The highest BCUT2D eigenvalue weighted by Gasteiger charge is 2.60. The number of carboxylic acid groups (broad SMARTS) is 1. The molecule has 1 aliphatic heterocycles. The molecule has 5 atom stereocenters. The van der Waals surface area contributed by atoms with Crippen molar-refractivity contribution in [3.63, 3.8) is 0 Å². The lowest BCUT2D eigenvalue weighted by Crippen LogP contribution is -2.37. The van der Waals surface area contributed by atoms with Gasteiger partial charge in [0.25, 0.3) is 0 Å². The van der Waals surface area contributed by atoms with Gasteiger partial charge in [0, 0.05) is 5.69 Å². The molecule has 1 saturated carbocycles. The maximum atomic E-state index is 12.9. The monoisotopic (exact) mass is 326 g/mol. The Morgan fingerprint density at radius 1 is 1.21 bits per heavy atom. The number of imide groups is 1. The summed E-state index contributed by atoms with van der Waals surface area (Å²) in [5, 5.41) is 9.27. The van der Waals surface area contributed by atoms with Crippen LogP contribution < -0.4 is 5.73 Å². The van der Waals surface area contributed by atoms with Crippen LogP contribution in [0.5, 0.6) is 0 Å². The molecule has 4 rings (SSSR count). The summed E-state index contributed by atoms with van der Waals surface area (Å²) in [6.07, 6.45) is 4.58. The molecule has 0 unspecified atom stereocenters. The molecule has 2 amide bonds. The molecule has 1 heterocycles. The number of amides is 2. The molecule has 3 N–H and O–H groups in total. The Labute approximate surface area is 138 Å². The maximum absolute atomic E-state index is 12.9. The number of anilines is 1. The van der Waals surface area contributed by atoms with Crippen LogP contribution >= 0.6 is 0 Å². The number of likely N-dealkylation sites (tertiary alicyclic amines) is 1. The van der Waals surface area contributed by atoms with Crippen LogP contribution in [0.1, 0.15) is 24.4 Å². The normalized spacial score (nSPS) is 31.6. The molecule has 24 heavy (non-hydrogen) atoms. The quantitative estimate of drug-likeness (QED) is 0.497. The SMILES string of the molecule is Nc1cccc([C@H](CC(=O)O)N2C(=O)[C@H]3[C@H](C2=O)[C@H]2C=C[C@H]3C2)c1. The first kappa shape index (κ1) is 14.9. The number of carbonyl (C=O) groups excluding carboxylic acids is 2. The predicted octanol–water partition coefficient (Wildman–Crippen LogP) is 1.59. The zero-order chi connectivity index (χ0) is 17.0. The Morgan fingerprint density at radius 2 is 1.83 bits per heavy atom. The van der Waals surface area contributed by atoms with E-state index in [4.69, 9.17) is 5.73 Å². The number of hydrogen-bond acceptors (Lipinski definition) is 4. The summed E-state index contributed by atoms with van der Waals surface area (Å²) >= 11 is 0. The predicted molar refractivity (Wildman–Crippen MR) is 85.4 cm³/mol. The number of nitrogens with two attached hydrogens (primary N) is 1. The molecule has 1 saturated heterocycles. The minimum atomic E-state index is -1.05. The number of nitrogen functional groups attached to an aromatic ring is 1. The molecule has 0 radical (unpaired) electrons. The molecule has 2 bridgehead atoms. The Morgan fingerprint density at radius 3 is 2.38 bits per heavy atom. The van der Waals surface area contributed by atoms with E-state index in [0.29, 0.717) is 11.3 Å². The van der Waals surface area contributed by atoms with Gasteiger partial charge in [0.15, 0.2) is 0 Å². The van der Waals surface area contributed by atoms with Gasteiger partial charge in [-0.3, -0.25) is 19.3 Å². The minimum Gasteiger partial charge on any atom is -0.481 e. The largest absolute Gasteiger partial charge is 0.481 e. The molecule has 2 aliphatic carbocycles. The maximum Gasteiger partial charge on any atom is 0.305 e. The van der Waals surface area contributed by atoms with E-state index in [2.05, 4.69) is 0 Å². The number of aliphatic carboxylic acids is 1. The van der Waals surface area contributed by atoms with Crippen molar-refractivity contribution in [3.05, 3.63) is 42.0 Å². The molecule has 2 fully saturated rings. The number of fused-ring (bicyclic) bond motifs is 5. The van der Waals surface area contributed by atoms with E-state index in [9.17, 15) is 19.5 Å². The van der Waals surface area contributed by atoms with Gasteiger partial charge in [-0.15, -0.1) is 0 Å². The van der Waals surface area contributed by atoms with Gasteiger partial charge in [-0.2, -0.15) is 0 Å². The summed E-state index contributed by atoms with van der Waals surface area (Å²) in [4.78, 5) is 38.3. The van der Waals surface area contributed by atoms with Crippen molar-refractivity contribution in [3.8, 4) is 0 Å². The molecule has 6 heteroatoms. The fourth-order valence-electron chi connectivity index (χ4n) is 4.52. The van der Waals surface area contributed by atoms with Gasteiger partial charge in [-0.25, -0.2) is 0 Å². The summed E-state index contributed by atoms with van der Waals surface area (Å²) in [6, 6.07) is 5.93. The molecule has 3 aliphatic rings. The van der Waals surface area contributed by atoms with Gasteiger partial charge < -0.3 is 10.8 Å². The van der Waals surface area contributed by atoms with Gasteiger partial charge in [0.2, 0.25) is 11.8 Å². The van der Waals surface area contributed by atoms with E-state index in [0.717, 1.165) is 6.42 Å². The fraction of sp³-hybridized carbons (Fsp3) is 0.389. The van der Waals surface area contributed by atoms with Crippen LogP contribution in [0.25, 0.3) is 0 Å². The second-order valence-corrected chi connectivity index (χ2v) is 6.83. The Hall–Kier alpha value is -2.63. The number of nitrogens with zero attached hydrogens (tertiary/aromatic N) is 1. The number of carbonyl (C=O) groups is 3. The number of carboxylic acids is 1. The van der Waals surface area contributed by atoms with E-state index in [-0.39, 0.29) is 41.9 Å². The van der Waals surface area contributed by atoms with Crippen molar-refractivity contribution in [2.24, 2.45) is 23.7 Å². The smallest absolute Gasteiger partial charge is 0.305 e. The molecule has 0 aromatic heterocycles. The summed E-state index contributed by atoms with van der Waals surface area (Å²) in [6.45, 7) is 0. The van der Waals surface area contributed by atoms with E-state index >= 15 is 0 Å². The van der Waals surface area contributed by atoms with Crippen molar-refractivity contribution in [1.29, 1.82) is 0 Å². The lowest BCUT2D eigenvalue weighted by molar-refractivity contribution is -0.146. The summed E-state index contributed by atoms with van der Waals surface area (Å²) < 4.78 is 0.